The predicted molar refractivity (Wildman–Crippen MR) is 71.5 cm³/mol. The van der Waals surface area contributed by atoms with Gasteiger partial charge < -0.3 is 15.2 Å². The Morgan fingerprint density at radius 1 is 1.30 bits per heavy atom. The van der Waals surface area contributed by atoms with Gasteiger partial charge in [-0.3, -0.25) is 0 Å². The van der Waals surface area contributed by atoms with Crippen molar-refractivity contribution in [1.29, 1.82) is 0 Å². The Morgan fingerprint density at radius 2 is 2.00 bits per heavy atom. The molecule has 0 spiro atoms. The zero-order valence-corrected chi connectivity index (χ0v) is 12.1. The highest BCUT2D eigenvalue weighted by molar-refractivity contribution is 4.75. The lowest BCUT2D eigenvalue weighted by molar-refractivity contribution is -0.133. The van der Waals surface area contributed by atoms with Crippen molar-refractivity contribution in [2.24, 2.45) is 5.92 Å². The average Bonchev–Trinajstić information content (AvgIpc) is 2.40. The summed E-state index contributed by atoms with van der Waals surface area (Å²) >= 11 is 0. The van der Waals surface area contributed by atoms with Gasteiger partial charge in [0.1, 0.15) is 0 Å². The minimum atomic E-state index is -4.15. The summed E-state index contributed by atoms with van der Waals surface area (Å²) in [5.74, 6) is 0.550. The summed E-state index contributed by atoms with van der Waals surface area (Å²) in [7, 11) is 0. The van der Waals surface area contributed by atoms with Crippen molar-refractivity contribution in [3.63, 3.8) is 0 Å². The first-order chi connectivity index (χ1) is 9.42. The van der Waals surface area contributed by atoms with Crippen molar-refractivity contribution < 1.29 is 23.0 Å². The quantitative estimate of drug-likeness (QED) is 0.677. The van der Waals surface area contributed by atoms with Gasteiger partial charge in [-0.1, -0.05) is 26.2 Å². The second kappa shape index (κ2) is 8.85. The monoisotopic (exact) mass is 297 g/mol. The third-order valence-electron chi connectivity index (χ3n) is 3.83. The first kappa shape index (κ1) is 17.7. The summed E-state index contributed by atoms with van der Waals surface area (Å²) in [4.78, 5) is 0. The Bertz CT molecular complexity index is 261. The van der Waals surface area contributed by atoms with Gasteiger partial charge in [0.05, 0.1) is 25.2 Å². The normalized spacial score (nSPS) is 25.6. The van der Waals surface area contributed by atoms with E-state index in [4.69, 9.17) is 4.74 Å². The smallest absolute Gasteiger partial charge is 0.389 e. The van der Waals surface area contributed by atoms with Crippen molar-refractivity contribution in [2.75, 3.05) is 19.7 Å². The fourth-order valence-corrected chi connectivity index (χ4v) is 2.65. The number of rotatable bonds is 8. The molecule has 0 aromatic carbocycles. The first-order valence-corrected chi connectivity index (χ1v) is 7.49. The maximum atomic E-state index is 11.9. The summed E-state index contributed by atoms with van der Waals surface area (Å²) in [5, 5.41) is 12.3. The maximum absolute atomic E-state index is 11.9. The van der Waals surface area contributed by atoms with Gasteiger partial charge in [-0.05, 0) is 18.8 Å². The number of hydrogen-bond acceptors (Lipinski definition) is 3. The summed E-state index contributed by atoms with van der Waals surface area (Å²) in [6, 6.07) is 0. The molecule has 0 saturated heterocycles. The van der Waals surface area contributed by atoms with Gasteiger partial charge in [0.15, 0.2) is 0 Å². The molecule has 1 rings (SSSR count). The van der Waals surface area contributed by atoms with E-state index in [1.165, 1.54) is 12.8 Å². The van der Waals surface area contributed by atoms with Gasteiger partial charge in [0.2, 0.25) is 0 Å². The summed E-state index contributed by atoms with van der Waals surface area (Å²) in [6.45, 7) is 2.31. The minimum Gasteiger partial charge on any atom is -0.389 e. The van der Waals surface area contributed by atoms with Crippen molar-refractivity contribution >= 4 is 0 Å². The molecular formula is C14H26F3NO2. The number of aliphatic hydroxyl groups is 1. The van der Waals surface area contributed by atoms with E-state index < -0.39 is 18.7 Å². The van der Waals surface area contributed by atoms with E-state index in [0.717, 1.165) is 19.3 Å². The van der Waals surface area contributed by atoms with Crippen LogP contribution in [0.5, 0.6) is 0 Å². The van der Waals surface area contributed by atoms with Gasteiger partial charge in [0.25, 0.3) is 0 Å². The van der Waals surface area contributed by atoms with Gasteiger partial charge in [-0.2, -0.15) is 13.2 Å². The molecule has 0 amide bonds. The number of aliphatic hydroxyl groups excluding tert-OH is 1. The number of nitrogens with one attached hydrogen (secondary N) is 1. The van der Waals surface area contributed by atoms with Crippen molar-refractivity contribution in [1.82, 2.24) is 5.32 Å². The Balaban J connectivity index is 2.11. The molecule has 1 aliphatic rings. The molecule has 0 heterocycles. The Labute approximate surface area is 118 Å². The zero-order chi connectivity index (χ0) is 15.0. The minimum absolute atomic E-state index is 0.138. The molecule has 0 aromatic rings. The Hall–Kier alpha value is -0.330. The summed E-state index contributed by atoms with van der Waals surface area (Å²) < 4.78 is 41.5. The highest BCUT2D eigenvalue weighted by Gasteiger charge is 2.26. The van der Waals surface area contributed by atoms with Gasteiger partial charge >= 0.3 is 6.18 Å². The summed E-state index contributed by atoms with van der Waals surface area (Å²) in [5.41, 5.74) is 0. The van der Waals surface area contributed by atoms with Crippen LogP contribution in [-0.2, 0) is 4.74 Å². The highest BCUT2D eigenvalue weighted by atomic mass is 19.4. The van der Waals surface area contributed by atoms with E-state index in [0.29, 0.717) is 5.92 Å². The second-order valence-electron chi connectivity index (χ2n) is 5.55. The molecule has 0 radical (unpaired) electrons. The van der Waals surface area contributed by atoms with Crippen LogP contribution in [0.1, 0.15) is 45.4 Å². The van der Waals surface area contributed by atoms with Crippen molar-refractivity contribution in [3.05, 3.63) is 0 Å². The molecule has 1 aliphatic carbocycles. The Morgan fingerprint density at radius 3 is 2.65 bits per heavy atom. The van der Waals surface area contributed by atoms with Crippen LogP contribution >= 0.6 is 0 Å². The average molecular weight is 297 g/mol. The summed E-state index contributed by atoms with van der Waals surface area (Å²) in [6.07, 6.45) is 0.0760. The van der Waals surface area contributed by atoms with E-state index in [-0.39, 0.29) is 25.8 Å². The molecule has 1 fully saturated rings. The van der Waals surface area contributed by atoms with Crippen LogP contribution in [0, 0.1) is 5.92 Å². The van der Waals surface area contributed by atoms with Crippen molar-refractivity contribution in [3.8, 4) is 0 Å². The molecule has 20 heavy (non-hydrogen) atoms. The largest absolute Gasteiger partial charge is 0.390 e. The molecule has 0 aliphatic heterocycles. The maximum Gasteiger partial charge on any atom is 0.390 e. The van der Waals surface area contributed by atoms with Crippen LogP contribution < -0.4 is 5.32 Å². The second-order valence-corrected chi connectivity index (χ2v) is 5.55. The van der Waals surface area contributed by atoms with E-state index in [9.17, 15) is 18.3 Å². The molecule has 3 atom stereocenters. The lowest BCUT2D eigenvalue weighted by atomic mass is 9.85. The van der Waals surface area contributed by atoms with Crippen LogP contribution in [0.3, 0.4) is 0 Å². The first-order valence-electron chi connectivity index (χ1n) is 7.49. The lowest BCUT2D eigenvalue weighted by Gasteiger charge is -2.31. The predicted octanol–water partition coefficient (Wildman–Crippen LogP) is 2.87. The van der Waals surface area contributed by atoms with E-state index in [1.807, 2.05) is 0 Å². The lowest BCUT2D eigenvalue weighted by Crippen LogP contribution is -2.36. The molecule has 2 N–H and O–H groups in total. The van der Waals surface area contributed by atoms with Crippen LogP contribution in [0.15, 0.2) is 0 Å². The molecule has 3 nitrogen and oxygen atoms in total. The third kappa shape index (κ3) is 7.45. The van der Waals surface area contributed by atoms with E-state index in [1.54, 1.807) is 0 Å². The Kier molecular flexibility index (Phi) is 7.84. The molecule has 0 aromatic heterocycles. The molecule has 3 unspecified atom stereocenters. The van der Waals surface area contributed by atoms with Crippen molar-refractivity contribution in [2.45, 2.75) is 63.8 Å². The van der Waals surface area contributed by atoms with E-state index in [2.05, 4.69) is 12.2 Å². The number of alkyl halides is 3. The van der Waals surface area contributed by atoms with Gasteiger partial charge in [-0.25, -0.2) is 0 Å². The highest BCUT2D eigenvalue weighted by Crippen LogP contribution is 2.29. The number of ether oxygens (including phenoxy) is 1. The molecule has 120 valence electrons. The van der Waals surface area contributed by atoms with Crippen LogP contribution in [0.4, 0.5) is 13.2 Å². The third-order valence-corrected chi connectivity index (χ3v) is 3.83. The van der Waals surface area contributed by atoms with Gasteiger partial charge in [0, 0.05) is 13.1 Å². The van der Waals surface area contributed by atoms with Crippen LogP contribution in [0.2, 0.25) is 0 Å². The number of hydrogen-bond donors (Lipinski definition) is 2. The molecular weight excluding hydrogens is 271 g/mol. The fraction of sp³-hybridized carbons (Fsp3) is 1.00. The van der Waals surface area contributed by atoms with Gasteiger partial charge in [-0.15, -0.1) is 0 Å². The molecule has 0 bridgehead atoms. The molecule has 1 saturated carbocycles. The topological polar surface area (TPSA) is 41.5 Å². The fourth-order valence-electron chi connectivity index (χ4n) is 2.65. The standard InChI is InChI=1S/C14H26F3NO2/c1-2-11-5-3-4-6-13(11)20-10-12(19)9-18-8-7-14(15,16)17/h11-13,18-19H,2-10H2,1H3. The SMILES string of the molecule is CCC1CCCCC1OCC(O)CNCCC(F)(F)F. The van der Waals surface area contributed by atoms with Crippen LogP contribution in [-0.4, -0.2) is 43.2 Å². The number of halogens is 3. The zero-order valence-electron chi connectivity index (χ0n) is 12.1. The van der Waals surface area contributed by atoms with E-state index >= 15 is 0 Å². The van der Waals surface area contributed by atoms with Crippen LogP contribution in [0.25, 0.3) is 0 Å². The molecule has 6 heteroatoms.